The monoisotopic (exact) mass is 404 g/mol. The van der Waals surface area contributed by atoms with Gasteiger partial charge in [0.15, 0.2) is 0 Å². The molecule has 0 radical (unpaired) electrons. The summed E-state index contributed by atoms with van der Waals surface area (Å²) in [6.07, 6.45) is 24.1. The van der Waals surface area contributed by atoms with Crippen molar-refractivity contribution in [3.8, 4) is 0 Å². The van der Waals surface area contributed by atoms with Crippen LogP contribution >= 0.6 is 7.06 Å². The number of hydrogen-bond donors (Lipinski definition) is 2. The predicted octanol–water partition coefficient (Wildman–Crippen LogP) is 8.44. The molecule has 0 rings (SSSR count). The van der Waals surface area contributed by atoms with Gasteiger partial charge >= 0.3 is 172 Å². The maximum absolute atomic E-state index is 11.4. The third kappa shape index (κ3) is 17.0. The Morgan fingerprint density at radius 1 is 0.370 bits per heavy atom. The first-order valence-corrected chi connectivity index (χ1v) is 15.2. The number of unbranched alkanes of at least 4 members (excludes halogenated alkanes) is 15. The van der Waals surface area contributed by atoms with E-state index < -0.39 is 7.06 Å². The summed E-state index contributed by atoms with van der Waals surface area (Å²) in [6, 6.07) is 0. The molecule has 0 bridgehead atoms. The summed E-state index contributed by atoms with van der Waals surface area (Å²) >= 11 is 0. The van der Waals surface area contributed by atoms with E-state index >= 15 is 0 Å². The summed E-state index contributed by atoms with van der Waals surface area (Å²) in [6.45, 7) is 6.74. The maximum atomic E-state index is 11.4. The Balaban J connectivity index is 4.29. The third-order valence-corrected chi connectivity index (χ3v) is 10.1. The Morgan fingerprint density at radius 2 is 0.593 bits per heavy atom. The molecule has 2 nitrogen and oxygen atoms in total. The van der Waals surface area contributed by atoms with Crippen LogP contribution in [0.15, 0.2) is 0 Å². The van der Waals surface area contributed by atoms with Gasteiger partial charge in [-0.15, -0.1) is 0 Å². The molecule has 27 heavy (non-hydrogen) atoms. The standard InChI is InChI=1S/C24H53O2P/c1-4-7-10-13-16-19-22-27(25,26,23-20-17-14-11-8-5-2)24-21-18-15-12-9-6-3/h25-26H,4-24H2,1-3H3. The van der Waals surface area contributed by atoms with Gasteiger partial charge in [0.1, 0.15) is 0 Å². The van der Waals surface area contributed by atoms with Crippen LogP contribution in [0, 0.1) is 0 Å². The number of hydrogen-bond acceptors (Lipinski definition) is 2. The summed E-state index contributed by atoms with van der Waals surface area (Å²) in [5.74, 6) is 0. The van der Waals surface area contributed by atoms with Gasteiger partial charge in [-0.3, -0.25) is 0 Å². The van der Waals surface area contributed by atoms with E-state index in [0.717, 1.165) is 19.3 Å². The van der Waals surface area contributed by atoms with Crippen molar-refractivity contribution in [2.24, 2.45) is 0 Å². The van der Waals surface area contributed by atoms with Gasteiger partial charge in [-0.2, -0.15) is 0 Å². The van der Waals surface area contributed by atoms with Crippen molar-refractivity contribution in [1.82, 2.24) is 0 Å². The molecule has 0 aromatic heterocycles. The Hall–Kier alpha value is 0.350. The van der Waals surface area contributed by atoms with Crippen LogP contribution in [-0.4, -0.2) is 28.3 Å². The van der Waals surface area contributed by atoms with Crippen molar-refractivity contribution in [1.29, 1.82) is 0 Å². The van der Waals surface area contributed by atoms with Gasteiger partial charge in [-0.25, -0.2) is 0 Å². The molecule has 0 fully saturated rings. The Labute approximate surface area is 172 Å². The Morgan fingerprint density at radius 3 is 0.852 bits per heavy atom. The predicted molar refractivity (Wildman–Crippen MR) is 126 cm³/mol. The van der Waals surface area contributed by atoms with Gasteiger partial charge < -0.3 is 0 Å². The summed E-state index contributed by atoms with van der Waals surface area (Å²) < 4.78 is 0. The first-order valence-electron chi connectivity index (χ1n) is 12.5. The van der Waals surface area contributed by atoms with E-state index in [4.69, 9.17) is 0 Å². The summed E-state index contributed by atoms with van der Waals surface area (Å²) in [5.41, 5.74) is 0. The van der Waals surface area contributed by atoms with Crippen LogP contribution in [0.5, 0.6) is 0 Å². The fourth-order valence-electron chi connectivity index (χ4n) is 4.11. The van der Waals surface area contributed by atoms with Crippen molar-refractivity contribution in [3.63, 3.8) is 0 Å². The number of rotatable bonds is 21. The first kappa shape index (κ1) is 27.4. The molecule has 0 aromatic rings. The fourth-order valence-corrected chi connectivity index (χ4v) is 7.64. The van der Waals surface area contributed by atoms with Crippen LogP contribution < -0.4 is 0 Å². The van der Waals surface area contributed by atoms with E-state index in [0.29, 0.717) is 18.5 Å². The molecule has 3 heteroatoms. The molecule has 0 spiro atoms. The normalized spacial score (nSPS) is 13.6. The van der Waals surface area contributed by atoms with E-state index in [9.17, 15) is 9.79 Å². The van der Waals surface area contributed by atoms with Crippen LogP contribution in [0.25, 0.3) is 0 Å². The SMILES string of the molecule is CCCCCCCCP(O)(O)(CCCCCCCC)CCCCCCCC. The van der Waals surface area contributed by atoms with Crippen molar-refractivity contribution in [2.75, 3.05) is 18.5 Å². The first-order chi connectivity index (χ1) is 13.0. The van der Waals surface area contributed by atoms with E-state index in [-0.39, 0.29) is 0 Å². The van der Waals surface area contributed by atoms with Gasteiger partial charge in [0, 0.05) is 0 Å². The topological polar surface area (TPSA) is 40.5 Å². The van der Waals surface area contributed by atoms with Crippen molar-refractivity contribution in [2.45, 2.75) is 136 Å². The van der Waals surface area contributed by atoms with Gasteiger partial charge in [0.05, 0.1) is 0 Å². The second-order valence-corrected chi connectivity index (χ2v) is 13.6. The van der Waals surface area contributed by atoms with Crippen LogP contribution in [-0.2, 0) is 0 Å². The molecule has 0 heterocycles. The molecule has 0 amide bonds. The van der Waals surface area contributed by atoms with Gasteiger partial charge in [-0.05, 0) is 0 Å². The van der Waals surface area contributed by atoms with Crippen LogP contribution in [0.4, 0.5) is 0 Å². The van der Waals surface area contributed by atoms with Crippen LogP contribution in [0.2, 0.25) is 0 Å². The molecule has 0 unspecified atom stereocenters. The molecular formula is C24H53O2P. The molecule has 0 saturated heterocycles. The summed E-state index contributed by atoms with van der Waals surface area (Å²) in [7, 11) is -3.44. The molecule has 0 saturated carbocycles. The van der Waals surface area contributed by atoms with Crippen molar-refractivity contribution >= 4 is 7.06 Å². The Kier molecular flexibility index (Phi) is 17.5. The van der Waals surface area contributed by atoms with Crippen LogP contribution in [0.3, 0.4) is 0 Å². The minimum absolute atomic E-state index is 0.696. The fraction of sp³-hybridized carbons (Fsp3) is 1.00. The molecule has 0 aliphatic rings. The summed E-state index contributed by atoms with van der Waals surface area (Å²) in [5, 5.41) is 0. The summed E-state index contributed by atoms with van der Waals surface area (Å²) in [4.78, 5) is 22.7. The van der Waals surface area contributed by atoms with E-state index in [1.54, 1.807) is 0 Å². The molecule has 2 N–H and O–H groups in total. The van der Waals surface area contributed by atoms with Gasteiger partial charge in [0.2, 0.25) is 0 Å². The van der Waals surface area contributed by atoms with Crippen molar-refractivity contribution < 1.29 is 9.79 Å². The zero-order chi connectivity index (χ0) is 20.3. The molecular weight excluding hydrogens is 351 g/mol. The quantitative estimate of drug-likeness (QED) is 0.149. The zero-order valence-corrected chi connectivity index (χ0v) is 20.1. The molecule has 0 aliphatic heterocycles. The average Bonchev–Trinajstić information content (AvgIpc) is 2.64. The molecule has 166 valence electrons. The van der Waals surface area contributed by atoms with Gasteiger partial charge in [-0.1, -0.05) is 0 Å². The average molecular weight is 405 g/mol. The zero-order valence-electron chi connectivity index (χ0n) is 19.2. The van der Waals surface area contributed by atoms with Gasteiger partial charge in [0.25, 0.3) is 0 Å². The van der Waals surface area contributed by atoms with E-state index in [1.807, 2.05) is 0 Å². The second kappa shape index (κ2) is 17.2. The second-order valence-electron chi connectivity index (χ2n) is 9.08. The third-order valence-electron chi connectivity index (χ3n) is 6.08. The minimum atomic E-state index is -3.44. The Bertz CT molecular complexity index is 270. The molecule has 0 aliphatic carbocycles. The van der Waals surface area contributed by atoms with Crippen LogP contribution in [0.1, 0.15) is 136 Å². The molecule has 0 atom stereocenters. The van der Waals surface area contributed by atoms with E-state index in [2.05, 4.69) is 20.8 Å². The van der Waals surface area contributed by atoms with E-state index in [1.165, 1.54) is 96.3 Å². The molecule has 0 aromatic carbocycles. The van der Waals surface area contributed by atoms with Crippen molar-refractivity contribution in [3.05, 3.63) is 0 Å².